The number of anilines is 1. The standard InChI is InChI=1S/C19H27NO5/c1-14-15(13-24-19(2,25-14)18(21)22)7-5-6-10-20-11-12-23-17-9-4-3-8-16(17)20/h3-4,8-9,14-15H,5-7,10-13H2,1-2H3,(H,21,22). The van der Waals surface area contributed by atoms with Crippen LogP contribution in [0.15, 0.2) is 24.3 Å². The monoisotopic (exact) mass is 349 g/mol. The second-order valence-corrected chi connectivity index (χ2v) is 6.94. The molecule has 0 bridgehead atoms. The van der Waals surface area contributed by atoms with Gasteiger partial charge in [0.15, 0.2) is 0 Å². The van der Waals surface area contributed by atoms with E-state index in [1.54, 1.807) is 0 Å². The van der Waals surface area contributed by atoms with Crippen molar-refractivity contribution in [3.05, 3.63) is 24.3 Å². The lowest BCUT2D eigenvalue weighted by Gasteiger charge is -2.39. The van der Waals surface area contributed by atoms with Gasteiger partial charge in [0, 0.05) is 19.4 Å². The summed E-state index contributed by atoms with van der Waals surface area (Å²) in [5.41, 5.74) is 1.17. The second-order valence-electron chi connectivity index (χ2n) is 6.94. The molecular formula is C19H27NO5. The Bertz CT molecular complexity index is 607. The molecule has 0 aromatic heterocycles. The van der Waals surface area contributed by atoms with Gasteiger partial charge in [-0.15, -0.1) is 0 Å². The van der Waals surface area contributed by atoms with Gasteiger partial charge in [0.25, 0.3) is 5.79 Å². The number of unbranched alkanes of at least 4 members (excludes halogenated alkanes) is 1. The quantitative estimate of drug-likeness (QED) is 0.797. The van der Waals surface area contributed by atoms with Crippen LogP contribution in [0.25, 0.3) is 0 Å². The Kier molecular flexibility index (Phi) is 5.49. The fourth-order valence-corrected chi connectivity index (χ4v) is 3.48. The van der Waals surface area contributed by atoms with E-state index in [1.165, 1.54) is 12.6 Å². The highest BCUT2D eigenvalue weighted by Gasteiger charge is 2.43. The number of fused-ring (bicyclic) bond motifs is 1. The predicted octanol–water partition coefficient (Wildman–Crippen LogP) is 2.91. The molecule has 6 heteroatoms. The second kappa shape index (κ2) is 7.62. The van der Waals surface area contributed by atoms with Crippen molar-refractivity contribution in [2.45, 2.75) is 45.0 Å². The molecule has 6 nitrogen and oxygen atoms in total. The summed E-state index contributed by atoms with van der Waals surface area (Å²) in [5.74, 6) is -1.37. The van der Waals surface area contributed by atoms with Gasteiger partial charge in [0.05, 0.1) is 24.9 Å². The van der Waals surface area contributed by atoms with E-state index in [4.69, 9.17) is 14.2 Å². The fourth-order valence-electron chi connectivity index (χ4n) is 3.48. The number of carbonyl (C=O) groups is 1. The third-order valence-corrected chi connectivity index (χ3v) is 5.11. The van der Waals surface area contributed by atoms with Crippen molar-refractivity contribution < 1.29 is 24.1 Å². The van der Waals surface area contributed by atoms with Crippen LogP contribution in [0.5, 0.6) is 5.75 Å². The zero-order chi connectivity index (χ0) is 17.9. The maximum absolute atomic E-state index is 11.2. The maximum atomic E-state index is 11.2. The number of para-hydroxylation sites is 2. The largest absolute Gasteiger partial charge is 0.490 e. The first-order chi connectivity index (χ1) is 12.0. The summed E-state index contributed by atoms with van der Waals surface area (Å²) in [6.45, 7) is 6.48. The molecule has 0 saturated carbocycles. The van der Waals surface area contributed by atoms with Crippen LogP contribution in [0.1, 0.15) is 33.1 Å². The van der Waals surface area contributed by atoms with Crippen LogP contribution >= 0.6 is 0 Å². The molecule has 2 aliphatic rings. The van der Waals surface area contributed by atoms with Crippen molar-refractivity contribution in [2.24, 2.45) is 5.92 Å². The number of nitrogens with zero attached hydrogens (tertiary/aromatic N) is 1. The van der Waals surface area contributed by atoms with E-state index in [1.807, 2.05) is 25.1 Å². The normalized spacial score (nSPS) is 29.0. The minimum absolute atomic E-state index is 0.112. The van der Waals surface area contributed by atoms with Gasteiger partial charge >= 0.3 is 5.97 Å². The van der Waals surface area contributed by atoms with Crippen molar-refractivity contribution >= 4 is 11.7 Å². The zero-order valence-corrected chi connectivity index (χ0v) is 14.9. The minimum atomic E-state index is -1.51. The van der Waals surface area contributed by atoms with Gasteiger partial charge in [-0.3, -0.25) is 0 Å². The number of rotatable bonds is 6. The Morgan fingerprint density at radius 3 is 2.92 bits per heavy atom. The van der Waals surface area contributed by atoms with E-state index >= 15 is 0 Å². The third-order valence-electron chi connectivity index (χ3n) is 5.11. The van der Waals surface area contributed by atoms with Crippen molar-refractivity contribution in [2.75, 3.05) is 31.2 Å². The van der Waals surface area contributed by atoms with Crippen molar-refractivity contribution in [3.8, 4) is 5.75 Å². The topological polar surface area (TPSA) is 68.2 Å². The lowest BCUT2D eigenvalue weighted by molar-refractivity contribution is -0.292. The Morgan fingerprint density at radius 2 is 2.16 bits per heavy atom. The van der Waals surface area contributed by atoms with Crippen LogP contribution in [0.2, 0.25) is 0 Å². The molecule has 0 aliphatic carbocycles. The van der Waals surface area contributed by atoms with Gasteiger partial charge in [0.2, 0.25) is 0 Å². The zero-order valence-electron chi connectivity index (χ0n) is 14.9. The Morgan fingerprint density at radius 1 is 1.36 bits per heavy atom. The van der Waals surface area contributed by atoms with Gasteiger partial charge in [-0.1, -0.05) is 18.6 Å². The lowest BCUT2D eigenvalue weighted by atomic mass is 9.95. The van der Waals surface area contributed by atoms with Crippen LogP contribution in [-0.2, 0) is 14.3 Å². The molecule has 0 amide bonds. The SMILES string of the molecule is CC1OC(C)(C(=O)O)OCC1CCCCN1CCOc2ccccc21. The van der Waals surface area contributed by atoms with Gasteiger partial charge in [0.1, 0.15) is 12.4 Å². The molecule has 0 radical (unpaired) electrons. The summed E-state index contributed by atoms with van der Waals surface area (Å²) in [5, 5.41) is 9.17. The first kappa shape index (κ1) is 18.0. The highest BCUT2D eigenvalue weighted by molar-refractivity contribution is 5.75. The Hall–Kier alpha value is -1.79. The molecule has 2 aliphatic heterocycles. The molecule has 1 aromatic rings. The highest BCUT2D eigenvalue weighted by Crippen LogP contribution is 2.32. The average Bonchev–Trinajstić information content (AvgIpc) is 2.60. The molecule has 1 fully saturated rings. The van der Waals surface area contributed by atoms with Crippen LogP contribution in [0, 0.1) is 5.92 Å². The minimum Gasteiger partial charge on any atom is -0.490 e. The fraction of sp³-hybridized carbons (Fsp3) is 0.632. The van der Waals surface area contributed by atoms with Gasteiger partial charge in [-0.2, -0.15) is 0 Å². The summed E-state index contributed by atoms with van der Waals surface area (Å²) in [4.78, 5) is 13.6. The first-order valence-corrected chi connectivity index (χ1v) is 9.01. The molecule has 1 N–H and O–H groups in total. The van der Waals surface area contributed by atoms with Crippen LogP contribution in [0.3, 0.4) is 0 Å². The molecule has 3 unspecified atom stereocenters. The van der Waals surface area contributed by atoms with E-state index in [0.717, 1.165) is 44.7 Å². The van der Waals surface area contributed by atoms with Crippen molar-refractivity contribution in [3.63, 3.8) is 0 Å². The molecule has 1 aromatic carbocycles. The molecule has 3 rings (SSSR count). The first-order valence-electron chi connectivity index (χ1n) is 9.01. The number of benzene rings is 1. The van der Waals surface area contributed by atoms with E-state index in [-0.39, 0.29) is 12.0 Å². The van der Waals surface area contributed by atoms with Crippen molar-refractivity contribution in [1.29, 1.82) is 0 Å². The van der Waals surface area contributed by atoms with E-state index in [2.05, 4.69) is 11.0 Å². The summed E-state index contributed by atoms with van der Waals surface area (Å²) in [6.07, 6.45) is 3.00. The van der Waals surface area contributed by atoms with E-state index in [0.29, 0.717) is 6.61 Å². The molecule has 1 saturated heterocycles. The summed E-state index contributed by atoms with van der Waals surface area (Å²) in [6, 6.07) is 8.15. The molecule has 0 spiro atoms. The smallest absolute Gasteiger partial charge is 0.364 e. The summed E-state index contributed by atoms with van der Waals surface area (Å²) >= 11 is 0. The number of hydrogen-bond donors (Lipinski definition) is 1. The van der Waals surface area contributed by atoms with Crippen LogP contribution in [0.4, 0.5) is 5.69 Å². The van der Waals surface area contributed by atoms with Gasteiger partial charge in [-0.05, 0) is 31.9 Å². The van der Waals surface area contributed by atoms with Crippen molar-refractivity contribution in [1.82, 2.24) is 0 Å². The summed E-state index contributed by atoms with van der Waals surface area (Å²) in [7, 11) is 0. The van der Waals surface area contributed by atoms with Gasteiger partial charge in [-0.25, -0.2) is 4.79 Å². The highest BCUT2D eigenvalue weighted by atomic mass is 16.7. The van der Waals surface area contributed by atoms with E-state index in [9.17, 15) is 9.90 Å². The van der Waals surface area contributed by atoms with Crippen LogP contribution in [-0.4, -0.2) is 49.3 Å². The average molecular weight is 349 g/mol. The lowest BCUT2D eigenvalue weighted by Crippen LogP contribution is -2.51. The van der Waals surface area contributed by atoms with Crippen LogP contribution < -0.4 is 9.64 Å². The molecule has 25 heavy (non-hydrogen) atoms. The predicted molar refractivity (Wildman–Crippen MR) is 94.0 cm³/mol. The Balaban J connectivity index is 1.43. The van der Waals surface area contributed by atoms with E-state index < -0.39 is 11.8 Å². The molecule has 2 heterocycles. The molecule has 3 atom stereocenters. The number of hydrogen-bond acceptors (Lipinski definition) is 5. The Labute approximate surface area is 148 Å². The number of carboxylic acid groups (broad SMARTS) is 1. The number of carboxylic acids is 1. The molecular weight excluding hydrogens is 322 g/mol. The molecule has 138 valence electrons. The van der Waals surface area contributed by atoms with Gasteiger partial charge < -0.3 is 24.2 Å². The summed E-state index contributed by atoms with van der Waals surface area (Å²) < 4.78 is 16.7. The number of ether oxygens (including phenoxy) is 3. The maximum Gasteiger partial charge on any atom is 0.364 e. The third kappa shape index (κ3) is 4.07. The number of aliphatic carboxylic acids is 1.